The van der Waals surface area contributed by atoms with Gasteiger partial charge in [-0.2, -0.15) is 0 Å². The molecule has 6 heteroatoms. The number of hydrogen-bond donors (Lipinski definition) is 0. The molecule has 1 heterocycles. The molecule has 1 aromatic rings. The maximum Gasteiger partial charge on any atom is 0.270 e. The second kappa shape index (κ2) is 5.65. The zero-order valence-electron chi connectivity index (χ0n) is 11.7. The Hall–Kier alpha value is -2.60. The number of allylic oxidation sites excluding steroid dienone is 6. The van der Waals surface area contributed by atoms with Gasteiger partial charge in [-0.05, 0) is 30.4 Å². The molecule has 0 atom stereocenters. The van der Waals surface area contributed by atoms with Crippen LogP contribution >= 0.6 is 11.8 Å². The third kappa shape index (κ3) is 2.60. The van der Waals surface area contributed by atoms with E-state index in [-0.39, 0.29) is 11.5 Å². The van der Waals surface area contributed by atoms with E-state index in [1.165, 1.54) is 18.2 Å². The van der Waals surface area contributed by atoms with E-state index in [0.29, 0.717) is 5.57 Å². The standard InChI is InChI=1S/C16H12N2O3S/c1-17-13-4-2-3-5-15(13)22-16(17)9-6-11-10-12(18(20)21)7-8-14(11)19/h2-10H,1H3/b11-6+,16-9-. The van der Waals surface area contributed by atoms with Crippen LogP contribution in [-0.2, 0) is 4.79 Å². The first-order chi connectivity index (χ1) is 10.6. The van der Waals surface area contributed by atoms with E-state index >= 15 is 0 Å². The van der Waals surface area contributed by atoms with Crippen molar-refractivity contribution in [1.29, 1.82) is 0 Å². The average molecular weight is 312 g/mol. The minimum Gasteiger partial charge on any atom is -0.338 e. The molecule has 0 spiro atoms. The number of carbonyl (C=O) groups excluding carboxylic acids is 1. The first-order valence-corrected chi connectivity index (χ1v) is 7.39. The number of ketones is 1. The van der Waals surface area contributed by atoms with Gasteiger partial charge in [0.05, 0.1) is 15.6 Å². The minimum absolute atomic E-state index is 0.0834. The number of anilines is 1. The van der Waals surface area contributed by atoms with Gasteiger partial charge in [0, 0.05) is 29.7 Å². The topological polar surface area (TPSA) is 63.4 Å². The maximum absolute atomic E-state index is 11.8. The van der Waals surface area contributed by atoms with E-state index in [2.05, 4.69) is 0 Å². The molecule has 1 aliphatic heterocycles. The summed E-state index contributed by atoms with van der Waals surface area (Å²) >= 11 is 1.60. The van der Waals surface area contributed by atoms with E-state index in [0.717, 1.165) is 15.6 Å². The average Bonchev–Trinajstić information content (AvgIpc) is 2.83. The number of nitrogens with zero attached hydrogens (tertiary/aromatic N) is 2. The first-order valence-electron chi connectivity index (χ1n) is 6.57. The van der Waals surface area contributed by atoms with Crippen LogP contribution < -0.4 is 4.90 Å². The monoisotopic (exact) mass is 312 g/mol. The Balaban J connectivity index is 1.90. The number of para-hydroxylation sites is 1. The van der Waals surface area contributed by atoms with Crippen molar-refractivity contribution in [3.05, 3.63) is 81.1 Å². The zero-order valence-corrected chi connectivity index (χ0v) is 12.5. The molecule has 0 radical (unpaired) electrons. The predicted octanol–water partition coefficient (Wildman–Crippen LogP) is 3.30. The van der Waals surface area contributed by atoms with Crippen LogP contribution in [0.4, 0.5) is 5.69 Å². The van der Waals surface area contributed by atoms with Gasteiger partial charge in [0.2, 0.25) is 0 Å². The fourth-order valence-corrected chi connectivity index (χ4v) is 3.26. The summed E-state index contributed by atoms with van der Waals surface area (Å²) in [6.07, 6.45) is 7.18. The largest absolute Gasteiger partial charge is 0.338 e. The molecule has 0 unspecified atom stereocenters. The van der Waals surface area contributed by atoms with Crippen molar-refractivity contribution in [2.75, 3.05) is 11.9 Å². The molecule has 0 saturated heterocycles. The molecule has 2 aliphatic rings. The van der Waals surface area contributed by atoms with Gasteiger partial charge in [-0.1, -0.05) is 23.9 Å². The van der Waals surface area contributed by atoms with Crippen molar-refractivity contribution in [3.8, 4) is 0 Å². The lowest BCUT2D eigenvalue weighted by molar-refractivity contribution is -0.419. The van der Waals surface area contributed by atoms with Crippen LogP contribution in [0, 0.1) is 10.1 Å². The lowest BCUT2D eigenvalue weighted by atomic mass is 10.0. The molecule has 0 bridgehead atoms. The summed E-state index contributed by atoms with van der Waals surface area (Å²) in [6.45, 7) is 0. The molecule has 5 nitrogen and oxygen atoms in total. The summed E-state index contributed by atoms with van der Waals surface area (Å²) < 4.78 is 0. The van der Waals surface area contributed by atoms with Crippen molar-refractivity contribution in [2.24, 2.45) is 0 Å². The van der Waals surface area contributed by atoms with Gasteiger partial charge >= 0.3 is 0 Å². The summed E-state index contributed by atoms with van der Waals surface area (Å²) in [5.41, 5.74) is 1.33. The Kier molecular flexibility index (Phi) is 3.68. The lowest BCUT2D eigenvalue weighted by Gasteiger charge is -2.12. The number of hydrogen-bond acceptors (Lipinski definition) is 5. The predicted molar refractivity (Wildman–Crippen MR) is 86.1 cm³/mol. The molecule has 0 N–H and O–H groups in total. The summed E-state index contributed by atoms with van der Waals surface area (Å²) in [7, 11) is 1.95. The zero-order chi connectivity index (χ0) is 15.7. The Bertz CT molecular complexity index is 790. The van der Waals surface area contributed by atoms with E-state index < -0.39 is 4.92 Å². The van der Waals surface area contributed by atoms with Gasteiger partial charge in [0.1, 0.15) is 0 Å². The third-order valence-electron chi connectivity index (χ3n) is 3.38. The third-order valence-corrected chi connectivity index (χ3v) is 4.57. The molecule has 3 rings (SSSR count). The number of fused-ring (bicyclic) bond motifs is 1. The normalized spacial score (nSPS) is 20.5. The van der Waals surface area contributed by atoms with Crippen LogP contribution in [-0.4, -0.2) is 17.8 Å². The fraction of sp³-hybridized carbons (Fsp3) is 0.0625. The highest BCUT2D eigenvalue weighted by Gasteiger charge is 2.21. The molecule has 0 saturated carbocycles. The Morgan fingerprint density at radius 1 is 1.23 bits per heavy atom. The quantitative estimate of drug-likeness (QED) is 0.476. The van der Waals surface area contributed by atoms with Crippen LogP contribution in [0.1, 0.15) is 0 Å². The maximum atomic E-state index is 11.8. The first kappa shape index (κ1) is 14.3. The number of benzene rings is 1. The Morgan fingerprint density at radius 2 is 2.00 bits per heavy atom. The molecule has 22 heavy (non-hydrogen) atoms. The molecule has 1 aliphatic carbocycles. The fourth-order valence-electron chi connectivity index (χ4n) is 2.21. The van der Waals surface area contributed by atoms with Crippen LogP contribution in [0.5, 0.6) is 0 Å². The molecular weight excluding hydrogens is 300 g/mol. The van der Waals surface area contributed by atoms with Gasteiger partial charge in [0.15, 0.2) is 5.78 Å². The second-order valence-electron chi connectivity index (χ2n) is 4.78. The highest BCUT2D eigenvalue weighted by molar-refractivity contribution is 8.03. The van der Waals surface area contributed by atoms with E-state index in [1.54, 1.807) is 17.8 Å². The minimum atomic E-state index is -0.504. The van der Waals surface area contributed by atoms with E-state index in [9.17, 15) is 14.9 Å². The Labute approximate surface area is 131 Å². The molecule has 110 valence electrons. The summed E-state index contributed by atoms with van der Waals surface area (Å²) in [5, 5.41) is 11.8. The smallest absolute Gasteiger partial charge is 0.270 e. The van der Waals surface area contributed by atoms with Crippen LogP contribution in [0.3, 0.4) is 0 Å². The molecule has 0 aromatic heterocycles. The Morgan fingerprint density at radius 3 is 2.73 bits per heavy atom. The molecule has 1 aromatic carbocycles. The highest BCUT2D eigenvalue weighted by Crippen LogP contribution is 2.44. The van der Waals surface area contributed by atoms with Gasteiger partial charge < -0.3 is 4.90 Å². The van der Waals surface area contributed by atoms with Gasteiger partial charge in [-0.15, -0.1) is 0 Å². The summed E-state index contributed by atoms with van der Waals surface area (Å²) in [5.74, 6) is -0.231. The number of nitro groups is 1. The van der Waals surface area contributed by atoms with Crippen LogP contribution in [0.25, 0.3) is 0 Å². The molecule has 0 fully saturated rings. The molecular formula is C16H12N2O3S. The lowest BCUT2D eigenvalue weighted by Crippen LogP contribution is -2.09. The van der Waals surface area contributed by atoms with Crippen molar-refractivity contribution in [3.63, 3.8) is 0 Å². The van der Waals surface area contributed by atoms with Gasteiger partial charge in [0.25, 0.3) is 5.70 Å². The van der Waals surface area contributed by atoms with Crippen molar-refractivity contribution >= 4 is 23.2 Å². The van der Waals surface area contributed by atoms with Crippen LogP contribution in [0.15, 0.2) is 75.8 Å². The van der Waals surface area contributed by atoms with Crippen molar-refractivity contribution in [2.45, 2.75) is 4.90 Å². The van der Waals surface area contributed by atoms with Crippen LogP contribution in [0.2, 0.25) is 0 Å². The second-order valence-corrected chi connectivity index (χ2v) is 5.84. The van der Waals surface area contributed by atoms with E-state index in [1.807, 2.05) is 42.3 Å². The van der Waals surface area contributed by atoms with Crippen molar-refractivity contribution in [1.82, 2.24) is 0 Å². The molecule has 0 amide bonds. The van der Waals surface area contributed by atoms with Crippen molar-refractivity contribution < 1.29 is 9.72 Å². The SMILES string of the molecule is CN1/C(=C/C=C2\C=C([N+](=O)[O-])C=CC2=O)Sc2ccccc21. The van der Waals surface area contributed by atoms with Gasteiger partial charge in [-0.3, -0.25) is 14.9 Å². The highest BCUT2D eigenvalue weighted by atomic mass is 32.2. The summed E-state index contributed by atoms with van der Waals surface area (Å²) in [6, 6.07) is 8.00. The number of thioether (sulfide) groups is 1. The summed E-state index contributed by atoms with van der Waals surface area (Å²) in [4.78, 5) is 25.2. The van der Waals surface area contributed by atoms with Gasteiger partial charge in [-0.25, -0.2) is 0 Å². The number of carbonyl (C=O) groups is 1. The van der Waals surface area contributed by atoms with E-state index in [4.69, 9.17) is 0 Å². The number of rotatable bonds is 2.